The molecular formula is C16H25NO3. The van der Waals surface area contributed by atoms with Gasteiger partial charge in [-0.1, -0.05) is 18.9 Å². The highest BCUT2D eigenvalue weighted by atomic mass is 16.5. The Morgan fingerprint density at radius 1 is 1.25 bits per heavy atom. The van der Waals surface area contributed by atoms with Gasteiger partial charge < -0.3 is 19.9 Å². The summed E-state index contributed by atoms with van der Waals surface area (Å²) in [4.78, 5) is 0. The number of methoxy groups -OCH3 is 1. The fourth-order valence-corrected chi connectivity index (χ4v) is 2.70. The lowest BCUT2D eigenvalue weighted by Gasteiger charge is -2.28. The molecule has 2 rings (SSSR count). The molecular weight excluding hydrogens is 254 g/mol. The molecule has 112 valence electrons. The molecule has 0 bridgehead atoms. The lowest BCUT2D eigenvalue weighted by molar-refractivity contribution is 0.0902. The van der Waals surface area contributed by atoms with E-state index in [1.54, 1.807) is 7.11 Å². The minimum Gasteiger partial charge on any atom is -0.493 e. The van der Waals surface area contributed by atoms with E-state index in [2.05, 4.69) is 5.32 Å². The van der Waals surface area contributed by atoms with Crippen LogP contribution in [0.15, 0.2) is 18.2 Å². The van der Waals surface area contributed by atoms with E-state index in [1.807, 2.05) is 25.1 Å². The molecule has 0 spiro atoms. The van der Waals surface area contributed by atoms with Gasteiger partial charge in [0.05, 0.1) is 19.8 Å². The second-order valence-electron chi connectivity index (χ2n) is 5.26. The maximum Gasteiger partial charge on any atom is 0.161 e. The summed E-state index contributed by atoms with van der Waals surface area (Å²) in [6.07, 6.45) is 4.07. The fourth-order valence-electron chi connectivity index (χ4n) is 2.70. The second-order valence-corrected chi connectivity index (χ2v) is 5.26. The first-order chi connectivity index (χ1) is 9.74. The van der Waals surface area contributed by atoms with Crippen molar-refractivity contribution in [2.24, 2.45) is 0 Å². The number of hydrogen-bond donors (Lipinski definition) is 2. The minimum atomic E-state index is -0.214. The van der Waals surface area contributed by atoms with Gasteiger partial charge >= 0.3 is 0 Å². The minimum absolute atomic E-state index is 0.210. The smallest absolute Gasteiger partial charge is 0.161 e. The molecule has 0 saturated heterocycles. The van der Waals surface area contributed by atoms with E-state index in [9.17, 15) is 5.11 Å². The van der Waals surface area contributed by atoms with Crippen molar-refractivity contribution in [3.05, 3.63) is 23.8 Å². The molecule has 0 heterocycles. The molecule has 0 radical (unpaired) electrons. The Morgan fingerprint density at radius 2 is 2.05 bits per heavy atom. The second kappa shape index (κ2) is 7.50. The van der Waals surface area contributed by atoms with Gasteiger partial charge in [-0.05, 0) is 37.5 Å². The first kappa shape index (κ1) is 15.1. The van der Waals surface area contributed by atoms with E-state index in [1.165, 1.54) is 6.42 Å². The van der Waals surface area contributed by atoms with Crippen molar-refractivity contribution >= 4 is 0 Å². The van der Waals surface area contributed by atoms with E-state index in [0.29, 0.717) is 6.61 Å². The number of aliphatic hydroxyl groups excluding tert-OH is 1. The first-order valence-electron chi connectivity index (χ1n) is 7.45. The molecule has 1 aliphatic rings. The van der Waals surface area contributed by atoms with Crippen LogP contribution >= 0.6 is 0 Å². The molecule has 4 nitrogen and oxygen atoms in total. The third kappa shape index (κ3) is 3.87. The summed E-state index contributed by atoms with van der Waals surface area (Å²) < 4.78 is 10.9. The normalized spacial score (nSPS) is 22.6. The topological polar surface area (TPSA) is 50.7 Å². The molecule has 1 aromatic rings. The Morgan fingerprint density at radius 3 is 2.75 bits per heavy atom. The molecule has 1 fully saturated rings. The molecule has 4 heteroatoms. The van der Waals surface area contributed by atoms with E-state index < -0.39 is 0 Å². The zero-order chi connectivity index (χ0) is 14.4. The highest BCUT2D eigenvalue weighted by Gasteiger charge is 2.22. The van der Waals surface area contributed by atoms with Gasteiger partial charge in [0.2, 0.25) is 0 Å². The quantitative estimate of drug-likeness (QED) is 0.840. The Kier molecular flexibility index (Phi) is 5.68. The summed E-state index contributed by atoms with van der Waals surface area (Å²) in [6.45, 7) is 3.33. The maximum absolute atomic E-state index is 9.95. The summed E-state index contributed by atoms with van der Waals surface area (Å²) in [7, 11) is 1.65. The number of benzene rings is 1. The lowest BCUT2D eigenvalue weighted by atomic mass is 9.92. The Hall–Kier alpha value is -1.26. The third-order valence-electron chi connectivity index (χ3n) is 3.83. The van der Waals surface area contributed by atoms with Crippen LogP contribution in [0.5, 0.6) is 11.5 Å². The van der Waals surface area contributed by atoms with Gasteiger partial charge in [0.1, 0.15) is 0 Å². The predicted octanol–water partition coefficient (Wildman–Crippen LogP) is 2.49. The van der Waals surface area contributed by atoms with Crippen LogP contribution in [0.2, 0.25) is 0 Å². The van der Waals surface area contributed by atoms with Gasteiger partial charge in [0, 0.05) is 12.6 Å². The molecule has 2 unspecified atom stereocenters. The van der Waals surface area contributed by atoms with Gasteiger partial charge in [0.25, 0.3) is 0 Å². The van der Waals surface area contributed by atoms with Crippen molar-refractivity contribution in [2.75, 3.05) is 13.7 Å². The number of aliphatic hydroxyl groups is 1. The van der Waals surface area contributed by atoms with Crippen molar-refractivity contribution in [2.45, 2.75) is 51.3 Å². The van der Waals surface area contributed by atoms with Gasteiger partial charge in [-0.15, -0.1) is 0 Å². The number of nitrogens with one attached hydrogen (secondary N) is 1. The molecule has 1 aliphatic carbocycles. The van der Waals surface area contributed by atoms with E-state index in [4.69, 9.17) is 9.47 Å². The highest BCUT2D eigenvalue weighted by molar-refractivity contribution is 5.42. The third-order valence-corrected chi connectivity index (χ3v) is 3.83. The SMILES string of the molecule is CCOc1ccc(CNC2CCCCC2O)cc1OC. The first-order valence-corrected chi connectivity index (χ1v) is 7.45. The zero-order valence-corrected chi connectivity index (χ0v) is 12.4. The summed E-state index contributed by atoms with van der Waals surface area (Å²) in [5.41, 5.74) is 1.14. The van der Waals surface area contributed by atoms with E-state index in [-0.39, 0.29) is 12.1 Å². The highest BCUT2D eigenvalue weighted by Crippen LogP contribution is 2.28. The molecule has 2 atom stereocenters. The zero-order valence-electron chi connectivity index (χ0n) is 12.4. The van der Waals surface area contributed by atoms with Gasteiger partial charge in [-0.3, -0.25) is 0 Å². The fraction of sp³-hybridized carbons (Fsp3) is 0.625. The van der Waals surface area contributed by atoms with E-state index in [0.717, 1.165) is 42.9 Å². The van der Waals surface area contributed by atoms with Crippen LogP contribution in [0, 0.1) is 0 Å². The van der Waals surface area contributed by atoms with Crippen LogP contribution in [-0.2, 0) is 6.54 Å². The van der Waals surface area contributed by atoms with Crippen LogP contribution in [0.4, 0.5) is 0 Å². The summed E-state index contributed by atoms with van der Waals surface area (Å²) in [5, 5.41) is 13.4. The van der Waals surface area contributed by atoms with Gasteiger partial charge in [-0.2, -0.15) is 0 Å². The van der Waals surface area contributed by atoms with Crippen LogP contribution in [0.1, 0.15) is 38.2 Å². The molecule has 0 aliphatic heterocycles. The molecule has 2 N–H and O–H groups in total. The van der Waals surface area contributed by atoms with Crippen LogP contribution in [-0.4, -0.2) is 31.0 Å². The predicted molar refractivity (Wildman–Crippen MR) is 79.3 cm³/mol. The molecule has 0 amide bonds. The summed E-state index contributed by atoms with van der Waals surface area (Å²) >= 11 is 0. The summed E-state index contributed by atoms with van der Waals surface area (Å²) in [5.74, 6) is 1.53. The van der Waals surface area contributed by atoms with Gasteiger partial charge in [-0.25, -0.2) is 0 Å². The summed E-state index contributed by atoms with van der Waals surface area (Å²) in [6, 6.07) is 6.18. The molecule has 1 aromatic carbocycles. The van der Waals surface area contributed by atoms with Crippen molar-refractivity contribution in [3.63, 3.8) is 0 Å². The standard InChI is InChI=1S/C16H25NO3/c1-3-20-15-9-8-12(10-16(15)19-2)11-17-13-6-4-5-7-14(13)18/h8-10,13-14,17-18H,3-7,11H2,1-2H3. The van der Waals surface area contributed by atoms with Crippen molar-refractivity contribution in [3.8, 4) is 11.5 Å². The van der Waals surface area contributed by atoms with Crippen LogP contribution in [0.25, 0.3) is 0 Å². The number of ether oxygens (including phenoxy) is 2. The maximum atomic E-state index is 9.95. The number of hydrogen-bond acceptors (Lipinski definition) is 4. The average molecular weight is 279 g/mol. The largest absolute Gasteiger partial charge is 0.493 e. The van der Waals surface area contributed by atoms with Crippen LogP contribution in [0.3, 0.4) is 0 Å². The van der Waals surface area contributed by atoms with Crippen molar-refractivity contribution in [1.82, 2.24) is 5.32 Å². The molecule has 1 saturated carbocycles. The Labute approximate surface area is 121 Å². The van der Waals surface area contributed by atoms with Crippen molar-refractivity contribution < 1.29 is 14.6 Å². The van der Waals surface area contributed by atoms with Gasteiger partial charge in [0.15, 0.2) is 11.5 Å². The monoisotopic (exact) mass is 279 g/mol. The van der Waals surface area contributed by atoms with Crippen LogP contribution < -0.4 is 14.8 Å². The lowest BCUT2D eigenvalue weighted by Crippen LogP contribution is -2.41. The molecule has 0 aromatic heterocycles. The van der Waals surface area contributed by atoms with E-state index >= 15 is 0 Å². The van der Waals surface area contributed by atoms with Crippen molar-refractivity contribution in [1.29, 1.82) is 0 Å². The molecule has 20 heavy (non-hydrogen) atoms. The number of rotatable bonds is 6. The Balaban J connectivity index is 1.95. The Bertz CT molecular complexity index is 422. The average Bonchev–Trinajstić information content (AvgIpc) is 2.48.